The lowest BCUT2D eigenvalue weighted by Gasteiger charge is -2.47. The quantitative estimate of drug-likeness (QED) is 0.528. The van der Waals surface area contributed by atoms with Gasteiger partial charge < -0.3 is 4.90 Å². The van der Waals surface area contributed by atoms with Crippen LogP contribution in [0.1, 0.15) is 62.3 Å². The summed E-state index contributed by atoms with van der Waals surface area (Å²) in [5, 5.41) is 2.32. The standard InChI is InChI=1S/C27H31N3O3/c1-7-29-23-12-11-19(13-20(23)17(3)15-27(29,5)6)14-21-24(31)28-26(33)30(25(21)32)22-10-8-9-16(2)18(22)4/h8-14,17H,7,15H2,1-6H3,(H,28,31,33)/b21-14+/t17-/m0/s1. The van der Waals surface area contributed by atoms with Crippen LogP contribution in [-0.2, 0) is 9.59 Å². The van der Waals surface area contributed by atoms with Crippen LogP contribution < -0.4 is 15.1 Å². The Morgan fingerprint density at radius 3 is 2.52 bits per heavy atom. The Kier molecular flexibility index (Phi) is 5.64. The van der Waals surface area contributed by atoms with Crippen molar-refractivity contribution in [1.82, 2.24) is 5.32 Å². The van der Waals surface area contributed by atoms with Crippen LogP contribution in [0.15, 0.2) is 42.0 Å². The molecule has 4 amide bonds. The molecule has 1 atom stereocenters. The number of rotatable bonds is 3. The second-order valence-corrected chi connectivity index (χ2v) is 9.66. The molecular weight excluding hydrogens is 414 g/mol. The number of carbonyl (C=O) groups excluding carboxylic acids is 3. The van der Waals surface area contributed by atoms with Crippen LogP contribution in [0.3, 0.4) is 0 Å². The number of urea groups is 1. The third-order valence-electron chi connectivity index (χ3n) is 6.96. The Balaban J connectivity index is 1.75. The van der Waals surface area contributed by atoms with Crippen LogP contribution in [-0.4, -0.2) is 29.9 Å². The molecule has 0 saturated carbocycles. The summed E-state index contributed by atoms with van der Waals surface area (Å²) in [5.41, 5.74) is 5.44. The van der Waals surface area contributed by atoms with Crippen LogP contribution in [0.5, 0.6) is 0 Å². The van der Waals surface area contributed by atoms with Crippen molar-refractivity contribution in [1.29, 1.82) is 0 Å². The van der Waals surface area contributed by atoms with Gasteiger partial charge in [0.1, 0.15) is 5.57 Å². The van der Waals surface area contributed by atoms with Crippen LogP contribution in [0.25, 0.3) is 6.08 Å². The monoisotopic (exact) mass is 445 g/mol. The number of hydrogen-bond donors (Lipinski definition) is 1. The molecule has 0 unspecified atom stereocenters. The van der Waals surface area contributed by atoms with Gasteiger partial charge in [-0.1, -0.05) is 25.1 Å². The van der Waals surface area contributed by atoms with E-state index >= 15 is 0 Å². The number of aryl methyl sites for hydroxylation is 1. The zero-order valence-corrected chi connectivity index (χ0v) is 20.2. The highest BCUT2D eigenvalue weighted by Crippen LogP contribution is 2.43. The summed E-state index contributed by atoms with van der Waals surface area (Å²) in [6.45, 7) is 13.6. The number of nitrogens with zero attached hydrogens (tertiary/aromatic N) is 2. The van der Waals surface area contributed by atoms with E-state index in [1.165, 1.54) is 11.3 Å². The normalized spacial score (nSPS) is 21.3. The van der Waals surface area contributed by atoms with Gasteiger partial charge in [-0.2, -0.15) is 0 Å². The second-order valence-electron chi connectivity index (χ2n) is 9.66. The number of amides is 4. The first-order valence-corrected chi connectivity index (χ1v) is 11.4. The fraction of sp³-hybridized carbons (Fsp3) is 0.370. The predicted molar refractivity (Wildman–Crippen MR) is 131 cm³/mol. The Hall–Kier alpha value is -3.41. The SMILES string of the molecule is CCN1c2ccc(/C=C3\C(=O)NC(=O)N(c4cccc(C)c4C)C3=O)cc2[C@@H](C)CC1(C)C. The first-order chi connectivity index (χ1) is 15.5. The summed E-state index contributed by atoms with van der Waals surface area (Å²) in [7, 11) is 0. The van der Waals surface area contributed by atoms with Crippen LogP contribution >= 0.6 is 0 Å². The summed E-state index contributed by atoms with van der Waals surface area (Å²) in [5.74, 6) is -0.937. The summed E-state index contributed by atoms with van der Waals surface area (Å²) in [6, 6.07) is 10.8. The molecule has 0 radical (unpaired) electrons. The maximum absolute atomic E-state index is 13.3. The number of anilines is 2. The Morgan fingerprint density at radius 1 is 1.09 bits per heavy atom. The molecule has 2 aromatic carbocycles. The van der Waals surface area contributed by atoms with E-state index in [1.807, 2.05) is 26.0 Å². The third kappa shape index (κ3) is 3.84. The molecule has 6 heteroatoms. The van der Waals surface area contributed by atoms with Crippen molar-refractivity contribution in [3.63, 3.8) is 0 Å². The number of benzene rings is 2. The van der Waals surface area contributed by atoms with Gasteiger partial charge in [0.05, 0.1) is 5.69 Å². The maximum Gasteiger partial charge on any atom is 0.335 e. The largest absolute Gasteiger partial charge is 0.366 e. The Labute approximate surface area is 195 Å². The van der Waals surface area contributed by atoms with E-state index in [1.54, 1.807) is 18.2 Å². The number of hydrogen-bond acceptors (Lipinski definition) is 4. The van der Waals surface area contributed by atoms with E-state index in [2.05, 4.69) is 50.0 Å². The van der Waals surface area contributed by atoms with Gasteiger partial charge in [-0.15, -0.1) is 0 Å². The van der Waals surface area contributed by atoms with E-state index in [-0.39, 0.29) is 11.1 Å². The fourth-order valence-electron chi connectivity index (χ4n) is 5.22. The van der Waals surface area contributed by atoms with Gasteiger partial charge in [0.15, 0.2) is 0 Å². The zero-order chi connectivity index (χ0) is 24.1. The topological polar surface area (TPSA) is 69.7 Å². The van der Waals surface area contributed by atoms with Crippen molar-refractivity contribution in [2.75, 3.05) is 16.3 Å². The maximum atomic E-state index is 13.3. The molecule has 1 saturated heterocycles. The average Bonchev–Trinajstić information content (AvgIpc) is 2.74. The van der Waals surface area contributed by atoms with Crippen LogP contribution in [0.2, 0.25) is 0 Å². The predicted octanol–water partition coefficient (Wildman–Crippen LogP) is 5.08. The molecule has 1 N–H and O–H groups in total. The second kappa shape index (κ2) is 8.18. The van der Waals surface area contributed by atoms with Gasteiger partial charge in [0.2, 0.25) is 0 Å². The van der Waals surface area contributed by atoms with Gasteiger partial charge in [-0.25, -0.2) is 9.69 Å². The highest BCUT2D eigenvalue weighted by atomic mass is 16.2. The molecule has 172 valence electrons. The van der Waals surface area contributed by atoms with Gasteiger partial charge >= 0.3 is 6.03 Å². The number of carbonyl (C=O) groups is 3. The van der Waals surface area contributed by atoms with Gasteiger partial charge in [0.25, 0.3) is 11.8 Å². The molecule has 2 aliphatic heterocycles. The van der Waals surface area contributed by atoms with Gasteiger partial charge in [-0.3, -0.25) is 14.9 Å². The minimum atomic E-state index is -0.726. The Bertz CT molecular complexity index is 1200. The van der Waals surface area contributed by atoms with E-state index in [0.29, 0.717) is 11.6 Å². The first kappa shape index (κ1) is 22.8. The molecule has 2 aromatic rings. The van der Waals surface area contributed by atoms with Crippen LogP contribution in [0.4, 0.5) is 16.2 Å². The van der Waals surface area contributed by atoms with Gasteiger partial charge in [-0.05, 0) is 93.5 Å². The van der Waals surface area contributed by atoms with Crippen molar-refractivity contribution in [3.8, 4) is 0 Å². The molecule has 0 aliphatic carbocycles. The summed E-state index contributed by atoms with van der Waals surface area (Å²) in [6.07, 6.45) is 2.60. The van der Waals surface area contributed by atoms with Crippen molar-refractivity contribution in [2.45, 2.75) is 59.4 Å². The minimum Gasteiger partial charge on any atom is -0.366 e. The molecule has 4 rings (SSSR count). The van der Waals surface area contributed by atoms with E-state index in [4.69, 9.17) is 0 Å². The molecule has 2 aliphatic rings. The molecule has 2 heterocycles. The first-order valence-electron chi connectivity index (χ1n) is 11.4. The van der Waals surface area contributed by atoms with Gasteiger partial charge in [0, 0.05) is 17.8 Å². The number of imide groups is 2. The highest BCUT2D eigenvalue weighted by molar-refractivity contribution is 6.39. The third-order valence-corrected chi connectivity index (χ3v) is 6.96. The molecule has 6 nitrogen and oxygen atoms in total. The molecule has 0 spiro atoms. The fourth-order valence-corrected chi connectivity index (χ4v) is 5.22. The number of barbiturate groups is 1. The number of nitrogens with one attached hydrogen (secondary N) is 1. The number of fused-ring (bicyclic) bond motifs is 1. The van der Waals surface area contributed by atoms with Crippen molar-refractivity contribution < 1.29 is 14.4 Å². The van der Waals surface area contributed by atoms with Crippen molar-refractivity contribution >= 4 is 35.3 Å². The molecule has 0 aromatic heterocycles. The smallest absolute Gasteiger partial charge is 0.335 e. The highest BCUT2D eigenvalue weighted by Gasteiger charge is 2.38. The van der Waals surface area contributed by atoms with Crippen molar-refractivity contribution in [3.05, 3.63) is 64.2 Å². The molecule has 1 fully saturated rings. The summed E-state index contributed by atoms with van der Waals surface area (Å²) in [4.78, 5) is 42.0. The lowest BCUT2D eigenvalue weighted by atomic mass is 9.79. The van der Waals surface area contributed by atoms with Crippen molar-refractivity contribution in [2.24, 2.45) is 0 Å². The van der Waals surface area contributed by atoms with E-state index in [9.17, 15) is 14.4 Å². The lowest BCUT2D eigenvalue weighted by Crippen LogP contribution is -2.54. The average molecular weight is 446 g/mol. The van der Waals surface area contributed by atoms with E-state index in [0.717, 1.165) is 34.6 Å². The lowest BCUT2D eigenvalue weighted by molar-refractivity contribution is -0.122. The zero-order valence-electron chi connectivity index (χ0n) is 20.2. The van der Waals surface area contributed by atoms with Crippen LogP contribution in [0, 0.1) is 13.8 Å². The summed E-state index contributed by atoms with van der Waals surface area (Å²) >= 11 is 0. The molecule has 0 bridgehead atoms. The Morgan fingerprint density at radius 2 is 1.82 bits per heavy atom. The summed E-state index contributed by atoms with van der Waals surface area (Å²) < 4.78 is 0. The molecular formula is C27H31N3O3. The van der Waals surface area contributed by atoms with E-state index < -0.39 is 17.8 Å². The molecule has 33 heavy (non-hydrogen) atoms. The minimum absolute atomic E-state index is 0.0494.